The minimum atomic E-state index is -4.67. The molecule has 0 saturated carbocycles. The summed E-state index contributed by atoms with van der Waals surface area (Å²) < 4.78 is 24.8. The van der Waals surface area contributed by atoms with Crippen molar-refractivity contribution in [1.29, 1.82) is 0 Å². The van der Waals surface area contributed by atoms with E-state index in [2.05, 4.69) is 100 Å². The van der Waals surface area contributed by atoms with E-state index in [9.17, 15) is 9.46 Å². The Balaban J connectivity index is 0.00000408. The van der Waals surface area contributed by atoms with Gasteiger partial charge in [0, 0.05) is 28.2 Å². The van der Waals surface area contributed by atoms with Crippen molar-refractivity contribution in [2.75, 3.05) is 0 Å². The van der Waals surface area contributed by atoms with Crippen LogP contribution in [-0.4, -0.2) is 0 Å². The summed E-state index contributed by atoms with van der Waals surface area (Å²) in [5.41, 5.74) is 5.31. The minimum absolute atomic E-state index is 0. The van der Waals surface area contributed by atoms with Crippen LogP contribution < -0.4 is 43.5 Å². The second-order valence-electron chi connectivity index (χ2n) is 12.1. The van der Waals surface area contributed by atoms with Crippen molar-refractivity contribution in [2.45, 2.75) is 105 Å². The summed E-state index contributed by atoms with van der Waals surface area (Å²) in [6.45, 7) is 23.3. The summed E-state index contributed by atoms with van der Waals surface area (Å²) in [6, 6.07) is 8.41. The van der Waals surface area contributed by atoms with Crippen molar-refractivity contribution in [3.63, 3.8) is 0 Å². The van der Waals surface area contributed by atoms with E-state index in [0.717, 1.165) is 22.3 Å². The van der Waals surface area contributed by atoms with Crippen molar-refractivity contribution < 1.29 is 48.1 Å². The molecule has 4 nitrogen and oxygen atoms in total. The van der Waals surface area contributed by atoms with Crippen molar-refractivity contribution in [2.24, 2.45) is 0 Å². The molecular formula is C28H40NaO4P. The third-order valence-electron chi connectivity index (χ3n) is 6.57. The Morgan fingerprint density at radius 3 is 1.35 bits per heavy atom. The molecular weight excluding hydrogens is 454 g/mol. The zero-order valence-electron chi connectivity index (χ0n) is 23.1. The Hall–Kier alpha value is -0.770. The number of hydrogen-bond donors (Lipinski definition) is 0. The van der Waals surface area contributed by atoms with E-state index in [0.29, 0.717) is 23.3 Å². The second kappa shape index (κ2) is 9.94. The van der Waals surface area contributed by atoms with Gasteiger partial charge in [-0.3, -0.25) is 0 Å². The molecule has 0 amide bonds. The molecule has 0 N–H and O–H groups in total. The van der Waals surface area contributed by atoms with Crippen LogP contribution in [0.1, 0.15) is 127 Å². The van der Waals surface area contributed by atoms with Crippen molar-refractivity contribution in [3.8, 4) is 11.5 Å². The second-order valence-corrected chi connectivity index (χ2v) is 13.4. The molecule has 0 radical (unpaired) electrons. The van der Waals surface area contributed by atoms with Gasteiger partial charge in [-0.15, -0.1) is 0 Å². The molecule has 2 aromatic carbocycles. The summed E-state index contributed by atoms with van der Waals surface area (Å²) in [4.78, 5) is 13.2. The van der Waals surface area contributed by atoms with Gasteiger partial charge in [-0.1, -0.05) is 100 Å². The van der Waals surface area contributed by atoms with Crippen LogP contribution in [0.15, 0.2) is 24.3 Å². The molecule has 0 saturated heterocycles. The first-order valence-corrected chi connectivity index (χ1v) is 13.4. The number of hydrogen-bond acceptors (Lipinski definition) is 4. The van der Waals surface area contributed by atoms with E-state index in [-0.39, 0.29) is 46.3 Å². The van der Waals surface area contributed by atoms with Crippen LogP contribution in [0.3, 0.4) is 0 Å². The van der Waals surface area contributed by atoms with Crippen LogP contribution in [0, 0.1) is 0 Å². The van der Waals surface area contributed by atoms with Crippen LogP contribution in [0.4, 0.5) is 0 Å². The van der Waals surface area contributed by atoms with Crippen molar-refractivity contribution in [3.05, 3.63) is 57.6 Å². The maximum absolute atomic E-state index is 13.2. The number of phosphoric acid groups is 1. The van der Waals surface area contributed by atoms with Gasteiger partial charge < -0.3 is 13.9 Å². The van der Waals surface area contributed by atoms with Gasteiger partial charge in [0.05, 0.1) is 0 Å². The molecule has 1 aliphatic rings. The molecule has 0 aromatic heterocycles. The van der Waals surface area contributed by atoms with E-state index >= 15 is 0 Å². The first-order valence-electron chi connectivity index (χ1n) is 12.0. The third kappa shape index (κ3) is 5.95. The van der Waals surface area contributed by atoms with Crippen molar-refractivity contribution in [1.82, 2.24) is 0 Å². The largest absolute Gasteiger partial charge is 1.00 e. The molecule has 0 unspecified atom stereocenters. The Bertz CT molecular complexity index is 1020. The molecule has 34 heavy (non-hydrogen) atoms. The van der Waals surface area contributed by atoms with Crippen LogP contribution in [0.5, 0.6) is 11.5 Å². The monoisotopic (exact) mass is 494 g/mol. The summed E-state index contributed by atoms with van der Waals surface area (Å²) in [7, 11) is -4.67. The average molecular weight is 495 g/mol. The molecule has 0 spiro atoms. The summed E-state index contributed by atoms with van der Waals surface area (Å²) in [6.07, 6.45) is 0. The molecule has 0 aliphatic carbocycles. The molecule has 2 aromatic rings. The Labute approximate surface area is 228 Å². The van der Waals surface area contributed by atoms with Crippen molar-refractivity contribution >= 4 is 7.82 Å². The fourth-order valence-corrected chi connectivity index (χ4v) is 5.28. The Morgan fingerprint density at radius 1 is 0.765 bits per heavy atom. The van der Waals surface area contributed by atoms with E-state index < -0.39 is 7.82 Å². The fraction of sp³-hybridized carbons (Fsp3) is 0.571. The molecule has 1 aliphatic heterocycles. The van der Waals surface area contributed by atoms with Gasteiger partial charge >= 0.3 is 37.4 Å². The Morgan fingerprint density at radius 2 is 1.09 bits per heavy atom. The average Bonchev–Trinajstić information content (AvgIpc) is 2.64. The molecule has 0 fully saturated rings. The molecule has 0 bridgehead atoms. The predicted octanol–water partition coefficient (Wildman–Crippen LogP) is 4.92. The molecule has 0 atom stereocenters. The molecule has 3 rings (SSSR count). The first-order chi connectivity index (χ1) is 14.9. The normalized spacial score (nSPS) is 20.5. The number of phosphoric ester groups is 1. The zero-order chi connectivity index (χ0) is 25.1. The number of benzene rings is 2. The number of rotatable bonds is 2. The van der Waals surface area contributed by atoms with Gasteiger partial charge in [-0.05, 0) is 33.8 Å². The van der Waals surface area contributed by atoms with E-state index in [1.54, 1.807) is 0 Å². The minimum Gasteiger partial charge on any atom is -0.736 e. The zero-order valence-corrected chi connectivity index (χ0v) is 26.0. The molecule has 182 valence electrons. The standard InChI is InChI=1S/C28H41O4P.Na/c1-16(2)19-12-21-18(5)22-13-20(17(3)4)15-24(28(9,10)11)26(22)32-33(29,30)31-25(21)23(14-19)27(6,7)8;/h12-18H,1-11H3,(H,29,30);/q;+1/p-1. The first kappa shape index (κ1) is 29.5. The van der Waals surface area contributed by atoms with E-state index in [1.165, 1.54) is 11.1 Å². The van der Waals surface area contributed by atoms with Gasteiger partial charge in [0.25, 0.3) is 0 Å². The smallest absolute Gasteiger partial charge is 0.736 e. The SMILES string of the molecule is CC(C)c1cc2c(c(C(C)(C)C)c1)OP(=O)([O-])Oc1c(cc(C(C)C)cc1C(C)(C)C)C2C.[Na+]. The fourth-order valence-electron chi connectivity index (χ4n) is 4.39. The maximum Gasteiger partial charge on any atom is 1.00 e. The van der Waals surface area contributed by atoms with Gasteiger partial charge in [0.1, 0.15) is 11.5 Å². The molecule has 6 heteroatoms. The van der Waals surface area contributed by atoms with Crippen LogP contribution in [-0.2, 0) is 15.4 Å². The van der Waals surface area contributed by atoms with Gasteiger partial charge in [0.2, 0.25) is 0 Å². The van der Waals surface area contributed by atoms with Crippen LogP contribution in [0.25, 0.3) is 0 Å². The molecule has 1 heterocycles. The quantitative estimate of drug-likeness (QED) is 0.439. The van der Waals surface area contributed by atoms with Crippen LogP contribution >= 0.6 is 7.82 Å². The van der Waals surface area contributed by atoms with E-state index in [1.807, 2.05) is 0 Å². The topological polar surface area (TPSA) is 58.6 Å². The van der Waals surface area contributed by atoms with Gasteiger partial charge in [0.15, 0.2) is 0 Å². The van der Waals surface area contributed by atoms with Gasteiger partial charge in [-0.2, -0.15) is 0 Å². The maximum atomic E-state index is 13.2. The third-order valence-corrected chi connectivity index (χ3v) is 7.38. The summed E-state index contributed by atoms with van der Waals surface area (Å²) >= 11 is 0. The predicted molar refractivity (Wildman–Crippen MR) is 135 cm³/mol. The van der Waals surface area contributed by atoms with E-state index in [4.69, 9.17) is 9.05 Å². The van der Waals surface area contributed by atoms with Gasteiger partial charge in [-0.25, -0.2) is 4.57 Å². The summed E-state index contributed by atoms with van der Waals surface area (Å²) in [5, 5.41) is 0. The number of fused-ring (bicyclic) bond motifs is 2. The summed E-state index contributed by atoms with van der Waals surface area (Å²) in [5.74, 6) is 1.33. The van der Waals surface area contributed by atoms with Crippen LogP contribution in [0.2, 0.25) is 0 Å². The Kier molecular flexibility index (Phi) is 8.61.